The number of carboxylic acids is 1. The number of carbonyl (C=O) groups is 1. The molecule has 7 nitrogen and oxygen atoms in total. The Labute approximate surface area is 128 Å². The molecule has 0 atom stereocenters. The van der Waals surface area contributed by atoms with Crippen molar-refractivity contribution < 1.29 is 15.0 Å². The van der Waals surface area contributed by atoms with Crippen LogP contribution in [0, 0.1) is 6.92 Å². The summed E-state index contributed by atoms with van der Waals surface area (Å²) in [6.45, 7) is 1.74. The first-order chi connectivity index (χ1) is 10.4. The normalized spacial score (nSPS) is 11.0. The van der Waals surface area contributed by atoms with Crippen LogP contribution in [0.4, 0.5) is 0 Å². The number of halogens is 1. The number of pyridine rings is 1. The van der Waals surface area contributed by atoms with Crippen LogP contribution in [-0.2, 0) is 0 Å². The van der Waals surface area contributed by atoms with Gasteiger partial charge in [0.2, 0.25) is 0 Å². The minimum absolute atomic E-state index is 0.0357. The first kappa shape index (κ1) is 14.2. The minimum atomic E-state index is -1.31. The highest BCUT2D eigenvalue weighted by Crippen LogP contribution is 2.29. The number of nitrogens with zero attached hydrogens (tertiary/aromatic N) is 2. The Morgan fingerprint density at radius 3 is 2.82 bits per heavy atom. The molecule has 0 fully saturated rings. The topological polar surface area (TPSA) is 108 Å². The molecule has 0 saturated heterocycles. The summed E-state index contributed by atoms with van der Waals surface area (Å²) in [4.78, 5) is 25.4. The van der Waals surface area contributed by atoms with Gasteiger partial charge in [-0.25, -0.2) is 9.48 Å². The summed E-state index contributed by atoms with van der Waals surface area (Å²) in [5.41, 5.74) is 0.333. The molecule has 0 spiro atoms. The standard InChI is InChI=1S/C14H10ClN3O4/c1-6-7(15)3-2-4-8(6)18-13-11(12(17-18)14(21)22)9(19)5-10(20)16-13/h2-5H,1H3,(H,21,22)(H2,16,19,20). The van der Waals surface area contributed by atoms with Crippen molar-refractivity contribution in [2.45, 2.75) is 6.92 Å². The molecule has 0 radical (unpaired) electrons. The smallest absolute Gasteiger partial charge is 0.357 e. The third-order valence-electron chi connectivity index (χ3n) is 3.32. The van der Waals surface area contributed by atoms with Gasteiger partial charge < -0.3 is 15.2 Å². The molecule has 0 bridgehead atoms. The third-order valence-corrected chi connectivity index (χ3v) is 3.73. The highest BCUT2D eigenvalue weighted by Gasteiger charge is 2.22. The first-order valence-corrected chi connectivity index (χ1v) is 6.61. The van der Waals surface area contributed by atoms with E-state index in [0.717, 1.165) is 6.07 Å². The molecule has 0 saturated carbocycles. The predicted molar refractivity (Wildman–Crippen MR) is 80.1 cm³/mol. The third kappa shape index (κ3) is 2.03. The van der Waals surface area contributed by atoms with Crippen molar-refractivity contribution in [1.29, 1.82) is 0 Å². The number of aromatic carboxylic acids is 1. The lowest BCUT2D eigenvalue weighted by Crippen LogP contribution is -2.07. The number of aromatic nitrogens is 3. The molecule has 8 heteroatoms. The molecule has 3 rings (SSSR count). The van der Waals surface area contributed by atoms with E-state index in [1.165, 1.54) is 4.68 Å². The molecule has 2 heterocycles. The van der Waals surface area contributed by atoms with Crippen molar-refractivity contribution in [2.75, 3.05) is 0 Å². The molecule has 112 valence electrons. The summed E-state index contributed by atoms with van der Waals surface area (Å²) in [7, 11) is 0. The van der Waals surface area contributed by atoms with Crippen molar-refractivity contribution in [3.05, 3.63) is 50.9 Å². The van der Waals surface area contributed by atoms with Gasteiger partial charge in [-0.15, -0.1) is 0 Å². The molecule has 0 aliphatic rings. The van der Waals surface area contributed by atoms with E-state index in [1.807, 2.05) is 0 Å². The molecule has 0 aliphatic heterocycles. The summed E-state index contributed by atoms with van der Waals surface area (Å²) < 4.78 is 1.25. The zero-order valence-electron chi connectivity index (χ0n) is 11.3. The van der Waals surface area contributed by atoms with Crippen molar-refractivity contribution in [3.63, 3.8) is 0 Å². The van der Waals surface area contributed by atoms with Crippen LogP contribution in [0.3, 0.4) is 0 Å². The number of aromatic hydroxyl groups is 1. The van der Waals surface area contributed by atoms with Crippen molar-refractivity contribution >= 4 is 28.6 Å². The minimum Gasteiger partial charge on any atom is -0.507 e. The molecule has 1 aromatic carbocycles. The van der Waals surface area contributed by atoms with Crippen LogP contribution < -0.4 is 5.56 Å². The molecule has 3 N–H and O–H groups in total. The molecule has 22 heavy (non-hydrogen) atoms. The van der Waals surface area contributed by atoms with E-state index in [-0.39, 0.29) is 16.7 Å². The molecular formula is C14H10ClN3O4. The maximum Gasteiger partial charge on any atom is 0.357 e. The van der Waals surface area contributed by atoms with E-state index in [2.05, 4.69) is 10.1 Å². The number of rotatable bonds is 2. The summed E-state index contributed by atoms with van der Waals surface area (Å²) in [6, 6.07) is 5.96. The fourth-order valence-electron chi connectivity index (χ4n) is 2.27. The summed E-state index contributed by atoms with van der Waals surface area (Å²) >= 11 is 6.07. The lowest BCUT2D eigenvalue weighted by atomic mass is 10.2. The highest BCUT2D eigenvalue weighted by molar-refractivity contribution is 6.31. The van der Waals surface area contributed by atoms with Crippen LogP contribution in [0.5, 0.6) is 5.75 Å². The Kier molecular flexibility index (Phi) is 3.14. The van der Waals surface area contributed by atoms with Gasteiger partial charge in [0.15, 0.2) is 5.69 Å². The zero-order chi connectivity index (χ0) is 16.0. The van der Waals surface area contributed by atoms with Gasteiger partial charge in [-0.05, 0) is 24.6 Å². The lowest BCUT2D eigenvalue weighted by molar-refractivity contribution is 0.0691. The number of H-pyrrole nitrogens is 1. The van der Waals surface area contributed by atoms with E-state index in [0.29, 0.717) is 16.3 Å². The van der Waals surface area contributed by atoms with Gasteiger partial charge in [-0.2, -0.15) is 5.10 Å². The van der Waals surface area contributed by atoms with Gasteiger partial charge >= 0.3 is 5.97 Å². The quantitative estimate of drug-likeness (QED) is 0.670. The molecule has 0 unspecified atom stereocenters. The zero-order valence-corrected chi connectivity index (χ0v) is 12.0. The second kappa shape index (κ2) is 4.88. The summed E-state index contributed by atoms with van der Waals surface area (Å²) in [6.07, 6.45) is 0. The second-order valence-corrected chi connectivity index (χ2v) is 5.10. The Morgan fingerprint density at radius 1 is 1.41 bits per heavy atom. The molecule has 2 aromatic heterocycles. The largest absolute Gasteiger partial charge is 0.507 e. The number of hydrogen-bond acceptors (Lipinski definition) is 4. The van der Waals surface area contributed by atoms with Crippen LogP contribution in [0.15, 0.2) is 29.1 Å². The number of nitrogens with one attached hydrogen (secondary N) is 1. The van der Waals surface area contributed by atoms with Crippen LogP contribution >= 0.6 is 11.6 Å². The number of carboxylic acid groups (broad SMARTS) is 1. The van der Waals surface area contributed by atoms with E-state index >= 15 is 0 Å². The SMILES string of the molecule is Cc1c(Cl)cccc1-n1nc(C(=O)O)c2c(O)cc(=O)[nH]c21. The maximum atomic E-state index is 11.6. The fraction of sp³-hybridized carbons (Fsp3) is 0.0714. The number of aromatic amines is 1. The highest BCUT2D eigenvalue weighted by atomic mass is 35.5. The number of fused-ring (bicyclic) bond motifs is 1. The Morgan fingerprint density at radius 2 is 2.14 bits per heavy atom. The molecular weight excluding hydrogens is 310 g/mol. The molecule has 3 aromatic rings. The average molecular weight is 320 g/mol. The lowest BCUT2D eigenvalue weighted by Gasteiger charge is -2.08. The van der Waals surface area contributed by atoms with E-state index in [1.54, 1.807) is 25.1 Å². The van der Waals surface area contributed by atoms with Crippen LogP contribution in [0.25, 0.3) is 16.7 Å². The van der Waals surface area contributed by atoms with Crippen molar-refractivity contribution in [1.82, 2.24) is 14.8 Å². The van der Waals surface area contributed by atoms with Gasteiger partial charge in [0, 0.05) is 11.1 Å². The van der Waals surface area contributed by atoms with Gasteiger partial charge in [-0.1, -0.05) is 17.7 Å². The van der Waals surface area contributed by atoms with Crippen molar-refractivity contribution in [3.8, 4) is 11.4 Å². The van der Waals surface area contributed by atoms with E-state index < -0.39 is 17.3 Å². The monoisotopic (exact) mass is 319 g/mol. The Bertz CT molecular complexity index is 974. The number of benzene rings is 1. The second-order valence-electron chi connectivity index (χ2n) is 4.69. The number of hydrogen-bond donors (Lipinski definition) is 3. The van der Waals surface area contributed by atoms with E-state index in [9.17, 15) is 19.8 Å². The van der Waals surface area contributed by atoms with Gasteiger partial charge in [-0.3, -0.25) is 4.79 Å². The van der Waals surface area contributed by atoms with Gasteiger partial charge in [0.05, 0.1) is 11.1 Å². The van der Waals surface area contributed by atoms with E-state index in [4.69, 9.17) is 11.6 Å². The van der Waals surface area contributed by atoms with Crippen molar-refractivity contribution in [2.24, 2.45) is 0 Å². The van der Waals surface area contributed by atoms with Gasteiger partial charge in [0.25, 0.3) is 5.56 Å². The molecule has 0 aliphatic carbocycles. The van der Waals surface area contributed by atoms with Crippen LogP contribution in [0.1, 0.15) is 16.1 Å². The Hall–Kier alpha value is -2.80. The Balaban J connectivity index is 2.47. The van der Waals surface area contributed by atoms with Crippen LogP contribution in [-0.4, -0.2) is 30.9 Å². The van der Waals surface area contributed by atoms with Gasteiger partial charge in [0.1, 0.15) is 11.4 Å². The fourth-order valence-corrected chi connectivity index (χ4v) is 2.44. The summed E-state index contributed by atoms with van der Waals surface area (Å²) in [5.74, 6) is -1.76. The average Bonchev–Trinajstić information content (AvgIpc) is 2.81. The van der Waals surface area contributed by atoms with Crippen LogP contribution in [0.2, 0.25) is 5.02 Å². The predicted octanol–water partition coefficient (Wildman–Crippen LogP) is 2.08. The molecule has 0 amide bonds. The summed E-state index contributed by atoms with van der Waals surface area (Å²) in [5, 5.41) is 23.6. The first-order valence-electron chi connectivity index (χ1n) is 6.24. The maximum absolute atomic E-state index is 11.6.